The second kappa shape index (κ2) is 4.22. The fraction of sp³-hybridized carbons (Fsp3) is 0.364. The van der Waals surface area contributed by atoms with Gasteiger partial charge < -0.3 is 0 Å². The third-order valence-corrected chi connectivity index (χ3v) is 2.86. The number of benzene rings is 1. The zero-order valence-corrected chi connectivity index (χ0v) is 10.0. The van der Waals surface area contributed by atoms with Gasteiger partial charge in [-0.3, -0.25) is 4.79 Å². The first-order chi connectivity index (χ1) is 6.43. The third kappa shape index (κ3) is 2.21. The molecule has 0 aromatic heterocycles. The lowest BCUT2D eigenvalue weighted by Crippen LogP contribution is -2.04. The maximum Gasteiger partial charge on any atom is 0.141 e. The summed E-state index contributed by atoms with van der Waals surface area (Å²) in [7, 11) is 0. The van der Waals surface area contributed by atoms with Crippen molar-refractivity contribution in [1.82, 2.24) is 0 Å². The average Bonchev–Trinajstić information content (AvgIpc) is 2.09. The zero-order valence-electron chi connectivity index (χ0n) is 8.45. The van der Waals surface area contributed by atoms with E-state index in [0.29, 0.717) is 10.0 Å². The van der Waals surface area contributed by atoms with Crippen LogP contribution in [0.25, 0.3) is 0 Å². The standard InChI is InChI=1S/C11H12BrFO/c1-6-4-10(12)11(13)9(8(6)3)5-7(2)14/h4H,5H2,1-3H3. The predicted molar refractivity (Wildman–Crippen MR) is 58.0 cm³/mol. The number of hydrogen-bond acceptors (Lipinski definition) is 1. The van der Waals surface area contributed by atoms with E-state index >= 15 is 0 Å². The first-order valence-corrected chi connectivity index (χ1v) is 5.16. The molecule has 0 saturated carbocycles. The molecule has 0 N–H and O–H groups in total. The van der Waals surface area contributed by atoms with Crippen LogP contribution in [0.1, 0.15) is 23.6 Å². The Morgan fingerprint density at radius 3 is 2.57 bits per heavy atom. The predicted octanol–water partition coefficient (Wildman–Crippen LogP) is 3.34. The Balaban J connectivity index is 3.31. The molecular formula is C11H12BrFO. The van der Waals surface area contributed by atoms with Crippen molar-refractivity contribution in [3.8, 4) is 0 Å². The molecule has 3 heteroatoms. The molecule has 76 valence electrons. The summed E-state index contributed by atoms with van der Waals surface area (Å²) in [6.07, 6.45) is 0.165. The Labute approximate surface area is 91.5 Å². The zero-order chi connectivity index (χ0) is 10.9. The first-order valence-electron chi connectivity index (χ1n) is 4.37. The number of carbonyl (C=O) groups is 1. The number of hydrogen-bond donors (Lipinski definition) is 0. The summed E-state index contributed by atoms with van der Waals surface area (Å²) in [5.74, 6) is -0.340. The number of aryl methyl sites for hydroxylation is 1. The lowest BCUT2D eigenvalue weighted by atomic mass is 9.99. The van der Waals surface area contributed by atoms with Gasteiger partial charge in [0.25, 0.3) is 0 Å². The highest BCUT2D eigenvalue weighted by Crippen LogP contribution is 2.25. The molecule has 1 aromatic rings. The number of halogens is 2. The highest BCUT2D eigenvalue weighted by atomic mass is 79.9. The Morgan fingerprint density at radius 2 is 2.07 bits per heavy atom. The molecule has 14 heavy (non-hydrogen) atoms. The molecule has 0 aliphatic rings. The minimum atomic E-state index is -0.316. The number of carbonyl (C=O) groups excluding carboxylic acids is 1. The molecular weight excluding hydrogens is 247 g/mol. The van der Waals surface area contributed by atoms with Crippen molar-refractivity contribution < 1.29 is 9.18 Å². The van der Waals surface area contributed by atoms with E-state index in [1.807, 2.05) is 13.8 Å². The largest absolute Gasteiger partial charge is 0.300 e. The van der Waals surface area contributed by atoms with Gasteiger partial charge in [0.1, 0.15) is 11.6 Å². The summed E-state index contributed by atoms with van der Waals surface area (Å²) in [4.78, 5) is 11.0. The number of Topliss-reactive ketones (excluding diaryl/α,β-unsaturated/α-hetero) is 1. The minimum Gasteiger partial charge on any atom is -0.300 e. The van der Waals surface area contributed by atoms with Crippen LogP contribution in [0.3, 0.4) is 0 Å². The fourth-order valence-corrected chi connectivity index (χ4v) is 1.95. The molecule has 0 saturated heterocycles. The third-order valence-electron chi connectivity index (χ3n) is 2.29. The summed E-state index contributed by atoms with van der Waals surface area (Å²) in [5, 5.41) is 0. The molecule has 1 nitrogen and oxygen atoms in total. The first kappa shape index (κ1) is 11.4. The highest BCUT2D eigenvalue weighted by molar-refractivity contribution is 9.10. The topological polar surface area (TPSA) is 17.1 Å². The van der Waals surface area contributed by atoms with Gasteiger partial charge in [-0.1, -0.05) is 0 Å². The van der Waals surface area contributed by atoms with Crippen molar-refractivity contribution in [2.45, 2.75) is 27.2 Å². The Hall–Kier alpha value is -0.700. The second-order valence-corrected chi connectivity index (χ2v) is 4.33. The highest BCUT2D eigenvalue weighted by Gasteiger charge is 2.13. The molecule has 0 unspecified atom stereocenters. The van der Waals surface area contributed by atoms with Gasteiger partial charge >= 0.3 is 0 Å². The van der Waals surface area contributed by atoms with Crippen molar-refractivity contribution in [1.29, 1.82) is 0 Å². The maximum atomic E-state index is 13.6. The van der Waals surface area contributed by atoms with E-state index in [9.17, 15) is 9.18 Å². The van der Waals surface area contributed by atoms with Crippen LogP contribution >= 0.6 is 15.9 Å². The summed E-state index contributed by atoms with van der Waals surface area (Å²) in [6, 6.07) is 1.73. The normalized spacial score (nSPS) is 10.4. The van der Waals surface area contributed by atoms with Crippen LogP contribution in [0.5, 0.6) is 0 Å². The fourth-order valence-electron chi connectivity index (χ4n) is 1.37. The van der Waals surface area contributed by atoms with E-state index < -0.39 is 0 Å². The molecule has 0 aliphatic heterocycles. The molecule has 0 bridgehead atoms. The van der Waals surface area contributed by atoms with Crippen LogP contribution in [-0.4, -0.2) is 5.78 Å². The smallest absolute Gasteiger partial charge is 0.141 e. The van der Waals surface area contributed by atoms with Gasteiger partial charge in [-0.05, 0) is 59.5 Å². The van der Waals surface area contributed by atoms with Crippen molar-refractivity contribution >= 4 is 21.7 Å². The van der Waals surface area contributed by atoms with Crippen molar-refractivity contribution in [2.75, 3.05) is 0 Å². The molecule has 0 heterocycles. The Morgan fingerprint density at radius 1 is 1.50 bits per heavy atom. The van der Waals surface area contributed by atoms with Gasteiger partial charge in [-0.25, -0.2) is 4.39 Å². The van der Waals surface area contributed by atoms with E-state index in [-0.39, 0.29) is 18.0 Å². The molecule has 0 aliphatic carbocycles. The number of rotatable bonds is 2. The van der Waals surface area contributed by atoms with Crippen LogP contribution in [0.4, 0.5) is 4.39 Å². The summed E-state index contributed by atoms with van der Waals surface area (Å²) in [6.45, 7) is 5.21. The van der Waals surface area contributed by atoms with Gasteiger partial charge in [-0.15, -0.1) is 0 Å². The quantitative estimate of drug-likeness (QED) is 0.796. The lowest BCUT2D eigenvalue weighted by Gasteiger charge is -2.10. The van der Waals surface area contributed by atoms with Crippen LogP contribution < -0.4 is 0 Å². The van der Waals surface area contributed by atoms with Gasteiger partial charge in [0.05, 0.1) is 4.47 Å². The Bertz CT molecular complexity index is 359. The van der Waals surface area contributed by atoms with E-state index in [0.717, 1.165) is 11.1 Å². The molecule has 0 atom stereocenters. The second-order valence-electron chi connectivity index (χ2n) is 3.47. The average molecular weight is 259 g/mol. The Kier molecular flexibility index (Phi) is 3.43. The van der Waals surface area contributed by atoms with Crippen LogP contribution in [-0.2, 0) is 11.2 Å². The molecule has 0 amide bonds. The van der Waals surface area contributed by atoms with Gasteiger partial charge in [0.15, 0.2) is 0 Å². The molecule has 0 spiro atoms. The van der Waals surface area contributed by atoms with E-state index in [4.69, 9.17) is 0 Å². The lowest BCUT2D eigenvalue weighted by molar-refractivity contribution is -0.116. The van der Waals surface area contributed by atoms with Crippen LogP contribution in [0.2, 0.25) is 0 Å². The monoisotopic (exact) mass is 258 g/mol. The summed E-state index contributed by atoms with van der Waals surface area (Å²) in [5.41, 5.74) is 2.36. The van der Waals surface area contributed by atoms with Gasteiger partial charge in [-0.2, -0.15) is 0 Å². The van der Waals surface area contributed by atoms with E-state index in [1.165, 1.54) is 6.92 Å². The van der Waals surface area contributed by atoms with Crippen LogP contribution in [0.15, 0.2) is 10.5 Å². The van der Waals surface area contributed by atoms with E-state index in [2.05, 4.69) is 15.9 Å². The van der Waals surface area contributed by atoms with Crippen LogP contribution in [0, 0.1) is 19.7 Å². The maximum absolute atomic E-state index is 13.6. The summed E-state index contributed by atoms with van der Waals surface area (Å²) >= 11 is 3.13. The number of ketones is 1. The molecule has 0 radical (unpaired) electrons. The molecule has 1 aromatic carbocycles. The molecule has 1 rings (SSSR count). The molecule has 0 fully saturated rings. The van der Waals surface area contributed by atoms with E-state index in [1.54, 1.807) is 6.07 Å². The SMILES string of the molecule is CC(=O)Cc1c(C)c(C)cc(Br)c1F. The summed E-state index contributed by atoms with van der Waals surface area (Å²) < 4.78 is 14.0. The minimum absolute atomic E-state index is 0.0236. The van der Waals surface area contributed by atoms with Crippen molar-refractivity contribution in [2.24, 2.45) is 0 Å². The van der Waals surface area contributed by atoms with Gasteiger partial charge in [0, 0.05) is 6.42 Å². The van der Waals surface area contributed by atoms with Gasteiger partial charge in [0.2, 0.25) is 0 Å². The van der Waals surface area contributed by atoms with Crippen molar-refractivity contribution in [3.63, 3.8) is 0 Å². The van der Waals surface area contributed by atoms with Crippen molar-refractivity contribution in [3.05, 3.63) is 33.0 Å².